The number of anilines is 2. The third-order valence-electron chi connectivity index (χ3n) is 9.93. The summed E-state index contributed by atoms with van der Waals surface area (Å²) in [6, 6.07) is 19.3. The number of halogens is 1. The molecule has 4 aliphatic carbocycles. The molecule has 5 fully saturated rings. The van der Waals surface area contributed by atoms with E-state index in [2.05, 4.69) is 38.7 Å². The van der Waals surface area contributed by atoms with E-state index in [1.54, 1.807) is 31.2 Å². The van der Waals surface area contributed by atoms with Gasteiger partial charge in [0.2, 0.25) is 0 Å². The van der Waals surface area contributed by atoms with Crippen LogP contribution < -0.4 is 25.0 Å². The van der Waals surface area contributed by atoms with E-state index in [-0.39, 0.29) is 23.5 Å². The molecule has 3 aromatic carbocycles. The first-order valence-electron chi connectivity index (χ1n) is 16.2. The van der Waals surface area contributed by atoms with Crippen molar-refractivity contribution in [3.8, 4) is 11.5 Å². The number of urea groups is 1. The van der Waals surface area contributed by atoms with Crippen molar-refractivity contribution in [2.24, 2.45) is 17.8 Å². The van der Waals surface area contributed by atoms with E-state index in [4.69, 9.17) is 9.47 Å². The van der Waals surface area contributed by atoms with E-state index in [1.165, 1.54) is 50.2 Å². The van der Waals surface area contributed by atoms with E-state index in [0.717, 1.165) is 22.7 Å². The van der Waals surface area contributed by atoms with Gasteiger partial charge in [0.1, 0.15) is 5.57 Å². The maximum absolute atomic E-state index is 13.7. The highest BCUT2D eigenvalue weighted by atomic mass is 79.9. The van der Waals surface area contributed by atoms with Crippen LogP contribution in [-0.4, -0.2) is 37.0 Å². The Morgan fingerprint density at radius 1 is 0.957 bits per heavy atom. The molecule has 5 aliphatic rings. The van der Waals surface area contributed by atoms with Crippen molar-refractivity contribution in [1.29, 1.82) is 0 Å². The average Bonchev–Trinajstić information content (AvgIpc) is 3.03. The third kappa shape index (κ3) is 6.18. The molecule has 2 N–H and O–H groups in total. The number of amides is 5. The van der Waals surface area contributed by atoms with Crippen LogP contribution in [0.2, 0.25) is 0 Å². The lowest BCUT2D eigenvalue weighted by molar-refractivity contribution is -0.122. The molecule has 8 rings (SSSR count). The fraction of sp³-hybridized carbons (Fsp3) is 0.351. The van der Waals surface area contributed by atoms with Gasteiger partial charge in [-0.2, -0.15) is 0 Å². The Balaban J connectivity index is 1.10. The Morgan fingerprint density at radius 2 is 1.62 bits per heavy atom. The van der Waals surface area contributed by atoms with Crippen molar-refractivity contribution in [1.82, 2.24) is 5.32 Å². The quantitative estimate of drug-likeness (QED) is 0.184. The zero-order valence-corrected chi connectivity index (χ0v) is 27.7. The molecule has 0 unspecified atom stereocenters. The SMILES string of the molecule is CCOc1cc(/C=C2\C(=O)NC(=O)N(c3ccc(C45CC6CC(CC(C6)C4)C5)cc3)C2=O)cc(Br)c1OCC(=O)Nc1ccccc1. The smallest absolute Gasteiger partial charge is 0.335 e. The van der Waals surface area contributed by atoms with Crippen molar-refractivity contribution in [3.63, 3.8) is 0 Å². The lowest BCUT2D eigenvalue weighted by Gasteiger charge is -2.57. The average molecular weight is 699 g/mol. The molecule has 4 saturated carbocycles. The normalized spacial score (nSPS) is 25.6. The fourth-order valence-corrected chi connectivity index (χ4v) is 8.99. The minimum Gasteiger partial charge on any atom is -0.490 e. The Hall–Kier alpha value is -4.44. The highest BCUT2D eigenvalue weighted by Gasteiger charge is 2.51. The first-order chi connectivity index (χ1) is 22.7. The van der Waals surface area contributed by atoms with Crippen LogP contribution in [0.25, 0.3) is 6.08 Å². The van der Waals surface area contributed by atoms with Crippen LogP contribution >= 0.6 is 15.9 Å². The molecule has 47 heavy (non-hydrogen) atoms. The predicted molar refractivity (Wildman–Crippen MR) is 181 cm³/mol. The van der Waals surface area contributed by atoms with Gasteiger partial charge in [-0.15, -0.1) is 0 Å². The molecule has 1 heterocycles. The van der Waals surface area contributed by atoms with Gasteiger partial charge in [0.05, 0.1) is 16.8 Å². The topological polar surface area (TPSA) is 114 Å². The number of nitrogens with zero attached hydrogens (tertiary/aromatic N) is 1. The van der Waals surface area contributed by atoms with Crippen molar-refractivity contribution in [2.45, 2.75) is 50.9 Å². The molecule has 9 nitrogen and oxygen atoms in total. The number of rotatable bonds is 9. The number of benzene rings is 3. The summed E-state index contributed by atoms with van der Waals surface area (Å²) in [4.78, 5) is 53.1. The maximum atomic E-state index is 13.7. The van der Waals surface area contributed by atoms with Crippen LogP contribution in [0.15, 0.2) is 76.8 Å². The summed E-state index contributed by atoms with van der Waals surface area (Å²) in [6.45, 7) is 1.84. The second-order valence-corrected chi connectivity index (χ2v) is 14.0. The molecule has 0 aromatic heterocycles. The number of para-hydroxylation sites is 1. The summed E-state index contributed by atoms with van der Waals surface area (Å²) < 4.78 is 12.1. The molecule has 242 valence electrons. The highest BCUT2D eigenvalue weighted by molar-refractivity contribution is 9.10. The van der Waals surface area contributed by atoms with E-state index < -0.39 is 17.8 Å². The fourth-order valence-electron chi connectivity index (χ4n) is 8.42. The first kappa shape index (κ1) is 31.2. The van der Waals surface area contributed by atoms with E-state index in [9.17, 15) is 19.2 Å². The second-order valence-electron chi connectivity index (χ2n) is 13.2. The van der Waals surface area contributed by atoms with Crippen LogP contribution in [-0.2, 0) is 19.8 Å². The molecule has 4 bridgehead atoms. The summed E-state index contributed by atoms with van der Waals surface area (Å²) in [5, 5.41) is 5.09. The number of hydrogen-bond donors (Lipinski definition) is 2. The molecule has 1 saturated heterocycles. The summed E-state index contributed by atoms with van der Waals surface area (Å²) >= 11 is 3.49. The van der Waals surface area contributed by atoms with Crippen molar-refractivity contribution >= 4 is 57.1 Å². The summed E-state index contributed by atoms with van der Waals surface area (Å²) in [5.74, 6) is 1.18. The van der Waals surface area contributed by atoms with Crippen molar-refractivity contribution < 1.29 is 28.7 Å². The minimum absolute atomic E-state index is 0.190. The number of carbonyl (C=O) groups excluding carboxylic acids is 4. The molecule has 3 aromatic rings. The molecular weight excluding hydrogens is 662 g/mol. The number of hydrogen-bond acceptors (Lipinski definition) is 6. The molecule has 0 spiro atoms. The summed E-state index contributed by atoms with van der Waals surface area (Å²) in [7, 11) is 0. The van der Waals surface area contributed by atoms with E-state index >= 15 is 0 Å². The van der Waals surface area contributed by atoms with Crippen molar-refractivity contribution in [3.05, 3.63) is 87.9 Å². The lowest BCUT2D eigenvalue weighted by Crippen LogP contribution is -2.54. The minimum atomic E-state index is -0.784. The molecule has 5 amide bonds. The second kappa shape index (κ2) is 12.6. The number of nitrogens with one attached hydrogen (secondary N) is 2. The van der Waals surface area contributed by atoms with Gasteiger partial charge < -0.3 is 14.8 Å². The Labute approximate surface area is 281 Å². The Kier molecular flexibility index (Phi) is 8.38. The van der Waals surface area contributed by atoms with Crippen LogP contribution in [0.4, 0.5) is 16.2 Å². The zero-order chi connectivity index (χ0) is 32.7. The van der Waals surface area contributed by atoms with Crippen molar-refractivity contribution in [2.75, 3.05) is 23.4 Å². The monoisotopic (exact) mass is 697 g/mol. The van der Waals surface area contributed by atoms with Gasteiger partial charge in [0.25, 0.3) is 17.7 Å². The Morgan fingerprint density at radius 3 is 2.26 bits per heavy atom. The van der Waals surface area contributed by atoms with Crippen LogP contribution in [0.3, 0.4) is 0 Å². The lowest BCUT2D eigenvalue weighted by atomic mass is 9.48. The van der Waals surface area contributed by atoms with Gasteiger partial charge in [-0.1, -0.05) is 30.3 Å². The maximum Gasteiger partial charge on any atom is 0.335 e. The van der Waals surface area contributed by atoms with Crippen LogP contribution in [0.1, 0.15) is 56.6 Å². The van der Waals surface area contributed by atoms with Crippen LogP contribution in [0, 0.1) is 17.8 Å². The standard InChI is InChI=1S/C37H36BrN3O6/c1-2-46-31-17-22(16-30(38)33(31)47-21-32(42)39-27-6-4-3-5-7-27)15-29-34(43)40-36(45)41(35(29)44)28-10-8-26(9-11-28)37-18-23-12-24(19-37)14-25(13-23)20-37/h3-11,15-17,23-25H,2,12-14,18-21H2,1H3,(H,39,42)(H,40,43,45)/b29-15+. The third-order valence-corrected chi connectivity index (χ3v) is 10.5. The number of barbiturate groups is 1. The van der Waals surface area contributed by atoms with Gasteiger partial charge in [-0.3, -0.25) is 19.7 Å². The summed E-state index contributed by atoms with van der Waals surface area (Å²) in [5.41, 5.74) is 2.80. The van der Waals surface area contributed by atoms with E-state index in [1.807, 2.05) is 30.3 Å². The van der Waals surface area contributed by atoms with Gasteiger partial charge >= 0.3 is 6.03 Å². The molecule has 0 radical (unpaired) electrons. The molecular formula is C37H36BrN3O6. The Bertz CT molecular complexity index is 1740. The van der Waals surface area contributed by atoms with Gasteiger partial charge in [-0.25, -0.2) is 9.69 Å². The molecule has 0 atom stereocenters. The van der Waals surface area contributed by atoms with Gasteiger partial charge in [0, 0.05) is 5.69 Å². The van der Waals surface area contributed by atoms with E-state index in [0.29, 0.717) is 39.5 Å². The number of imide groups is 2. The first-order valence-corrected chi connectivity index (χ1v) is 17.0. The number of carbonyl (C=O) groups is 4. The number of ether oxygens (including phenoxy) is 2. The van der Waals surface area contributed by atoms with Crippen LogP contribution in [0.5, 0.6) is 11.5 Å². The highest BCUT2D eigenvalue weighted by Crippen LogP contribution is 2.60. The summed E-state index contributed by atoms with van der Waals surface area (Å²) in [6.07, 6.45) is 9.13. The molecule has 1 aliphatic heterocycles. The zero-order valence-electron chi connectivity index (χ0n) is 26.1. The molecule has 10 heteroatoms. The predicted octanol–water partition coefficient (Wildman–Crippen LogP) is 7.00. The van der Waals surface area contributed by atoms with Gasteiger partial charge in [-0.05, 0) is 138 Å². The van der Waals surface area contributed by atoms with Gasteiger partial charge in [0.15, 0.2) is 18.1 Å². The largest absolute Gasteiger partial charge is 0.490 e.